The van der Waals surface area contributed by atoms with Crippen LogP contribution >= 0.6 is 39.1 Å². The van der Waals surface area contributed by atoms with Crippen LogP contribution in [0.5, 0.6) is 0 Å². The Morgan fingerprint density at radius 3 is 2.35 bits per heavy atom. The Kier molecular flexibility index (Phi) is 10.2. The van der Waals surface area contributed by atoms with E-state index in [2.05, 4.69) is 21.2 Å². The number of nitrogens with zero attached hydrogens (tertiary/aromatic N) is 2. The average molecular weight is 667 g/mol. The maximum absolute atomic E-state index is 14.0. The number of rotatable bonds is 10. The zero-order valence-electron chi connectivity index (χ0n) is 21.9. The van der Waals surface area contributed by atoms with Crippen LogP contribution in [-0.4, -0.2) is 43.8 Å². The number of carbonyl (C=O) groups is 2. The highest BCUT2D eigenvalue weighted by Crippen LogP contribution is 2.28. The minimum Gasteiger partial charge on any atom is -0.352 e. The van der Waals surface area contributed by atoms with Gasteiger partial charge in [0.15, 0.2) is 0 Å². The molecule has 0 heterocycles. The lowest BCUT2D eigenvalue weighted by molar-refractivity contribution is -0.139. The minimum absolute atomic E-state index is 0.00814. The highest BCUT2D eigenvalue weighted by molar-refractivity contribution is 9.10. The topological polar surface area (TPSA) is 86.8 Å². The summed E-state index contributed by atoms with van der Waals surface area (Å²) in [6.07, 6.45) is 3.87. The zero-order valence-corrected chi connectivity index (χ0v) is 25.8. The van der Waals surface area contributed by atoms with E-state index in [4.69, 9.17) is 23.2 Å². The van der Waals surface area contributed by atoms with Crippen molar-refractivity contribution in [2.45, 2.75) is 56.1 Å². The summed E-state index contributed by atoms with van der Waals surface area (Å²) >= 11 is 15.9. The maximum Gasteiger partial charge on any atom is 0.264 e. The third-order valence-electron chi connectivity index (χ3n) is 6.93. The van der Waals surface area contributed by atoms with Crippen LogP contribution in [0.2, 0.25) is 10.0 Å². The quantitative estimate of drug-likeness (QED) is 0.270. The molecule has 1 N–H and O–H groups in total. The highest BCUT2D eigenvalue weighted by Gasteiger charge is 2.33. The van der Waals surface area contributed by atoms with E-state index >= 15 is 0 Å². The Balaban J connectivity index is 1.70. The number of anilines is 1. The number of halogens is 3. The molecule has 0 aliphatic heterocycles. The maximum atomic E-state index is 14.0. The molecule has 1 aliphatic carbocycles. The van der Waals surface area contributed by atoms with Crippen molar-refractivity contribution in [2.75, 3.05) is 10.8 Å². The number of benzene rings is 3. The van der Waals surface area contributed by atoms with Crippen molar-refractivity contribution in [3.05, 3.63) is 92.9 Å². The second-order valence-corrected chi connectivity index (χ2v) is 13.3. The summed E-state index contributed by atoms with van der Waals surface area (Å²) in [4.78, 5) is 28.7. The lowest BCUT2D eigenvalue weighted by Crippen LogP contribution is -2.52. The molecular formula is C29H30BrCl2N3O4S. The van der Waals surface area contributed by atoms with Crippen LogP contribution in [0, 0.1) is 0 Å². The van der Waals surface area contributed by atoms with Crippen molar-refractivity contribution in [1.82, 2.24) is 10.2 Å². The number of hydrogen-bond donors (Lipinski definition) is 1. The molecule has 40 heavy (non-hydrogen) atoms. The summed E-state index contributed by atoms with van der Waals surface area (Å²) in [5.41, 5.74) is 0.888. The lowest BCUT2D eigenvalue weighted by Gasteiger charge is -2.32. The SMILES string of the molecule is CC(C(=O)NC1CCCC1)N(Cc1ccc(Cl)cc1Cl)C(=O)CN(c1cccc(Br)c1)S(=O)(=O)c1ccccc1. The van der Waals surface area contributed by atoms with E-state index in [1.54, 1.807) is 67.6 Å². The van der Waals surface area contributed by atoms with E-state index in [-0.39, 0.29) is 23.4 Å². The molecule has 3 aromatic carbocycles. The number of carbonyl (C=O) groups excluding carboxylic acids is 2. The molecule has 0 aromatic heterocycles. The molecule has 0 bridgehead atoms. The summed E-state index contributed by atoms with van der Waals surface area (Å²) in [6, 6.07) is 18.7. The smallest absolute Gasteiger partial charge is 0.264 e. The molecule has 1 atom stereocenters. The molecule has 3 aromatic rings. The van der Waals surface area contributed by atoms with E-state index in [0.29, 0.717) is 25.8 Å². The fraction of sp³-hybridized carbons (Fsp3) is 0.310. The average Bonchev–Trinajstić information content (AvgIpc) is 3.44. The molecule has 1 fully saturated rings. The summed E-state index contributed by atoms with van der Waals surface area (Å²) in [5, 5.41) is 3.83. The largest absolute Gasteiger partial charge is 0.352 e. The Morgan fingerprint density at radius 1 is 1.00 bits per heavy atom. The molecular weight excluding hydrogens is 637 g/mol. The second kappa shape index (κ2) is 13.4. The molecule has 0 spiro atoms. The van der Waals surface area contributed by atoms with Crippen LogP contribution in [0.1, 0.15) is 38.2 Å². The first-order valence-electron chi connectivity index (χ1n) is 12.9. The first-order valence-corrected chi connectivity index (χ1v) is 15.9. The van der Waals surface area contributed by atoms with Gasteiger partial charge in [-0.2, -0.15) is 0 Å². The first kappa shape index (κ1) is 30.4. The second-order valence-electron chi connectivity index (χ2n) is 9.73. The summed E-state index contributed by atoms with van der Waals surface area (Å²) in [7, 11) is -4.13. The van der Waals surface area contributed by atoms with Gasteiger partial charge in [-0.05, 0) is 67.8 Å². The molecule has 0 radical (unpaired) electrons. The van der Waals surface area contributed by atoms with Crippen molar-refractivity contribution in [1.29, 1.82) is 0 Å². The van der Waals surface area contributed by atoms with Gasteiger partial charge in [-0.1, -0.05) is 82.3 Å². The van der Waals surface area contributed by atoms with Crippen LogP contribution < -0.4 is 9.62 Å². The molecule has 7 nitrogen and oxygen atoms in total. The predicted octanol–water partition coefficient (Wildman–Crippen LogP) is 6.43. The lowest BCUT2D eigenvalue weighted by atomic mass is 10.1. The zero-order chi connectivity index (χ0) is 28.9. The van der Waals surface area contributed by atoms with Crippen molar-refractivity contribution >= 4 is 66.7 Å². The third-order valence-corrected chi connectivity index (χ3v) is 9.80. The van der Waals surface area contributed by atoms with Crippen molar-refractivity contribution in [3.8, 4) is 0 Å². The summed E-state index contributed by atoms with van der Waals surface area (Å²) in [6.45, 7) is 1.10. The fourth-order valence-electron chi connectivity index (χ4n) is 4.69. The molecule has 2 amide bonds. The Hall–Kier alpha value is -2.59. The normalized spacial score (nSPS) is 14.5. The van der Waals surface area contributed by atoms with Gasteiger partial charge in [-0.3, -0.25) is 13.9 Å². The number of amides is 2. The van der Waals surface area contributed by atoms with Gasteiger partial charge in [-0.25, -0.2) is 8.42 Å². The fourth-order valence-corrected chi connectivity index (χ4v) is 6.97. The molecule has 0 saturated heterocycles. The first-order chi connectivity index (χ1) is 19.1. The van der Waals surface area contributed by atoms with Crippen LogP contribution in [0.3, 0.4) is 0 Å². The standard InChI is InChI=1S/C29H30BrCl2N3O4S/c1-20(29(37)33-24-9-5-6-10-24)34(18-21-14-15-23(31)17-27(21)32)28(36)19-35(25-11-7-8-22(30)16-25)40(38,39)26-12-3-2-4-13-26/h2-4,7-8,11-17,20,24H,5-6,9-10,18-19H2,1H3,(H,33,37). The van der Waals surface area contributed by atoms with E-state index in [1.807, 2.05) is 0 Å². The summed E-state index contributed by atoms with van der Waals surface area (Å²) in [5.74, 6) is -0.857. The van der Waals surface area contributed by atoms with Gasteiger partial charge in [-0.15, -0.1) is 0 Å². The van der Waals surface area contributed by atoms with Crippen molar-refractivity contribution in [2.24, 2.45) is 0 Å². The predicted molar refractivity (Wildman–Crippen MR) is 162 cm³/mol. The van der Waals surface area contributed by atoms with Gasteiger partial charge in [0, 0.05) is 27.1 Å². The molecule has 212 valence electrons. The molecule has 1 unspecified atom stereocenters. The molecule has 4 rings (SSSR count). The molecule has 11 heteroatoms. The number of sulfonamides is 1. The Labute approximate surface area is 253 Å². The number of nitrogens with one attached hydrogen (secondary N) is 1. The van der Waals surface area contributed by atoms with Gasteiger partial charge in [0.05, 0.1) is 10.6 Å². The van der Waals surface area contributed by atoms with Crippen LogP contribution in [0.15, 0.2) is 82.2 Å². The summed E-state index contributed by atoms with van der Waals surface area (Å²) < 4.78 is 29.3. The van der Waals surface area contributed by atoms with Gasteiger partial charge < -0.3 is 10.2 Å². The van der Waals surface area contributed by atoms with Gasteiger partial charge in [0.25, 0.3) is 10.0 Å². The van der Waals surface area contributed by atoms with E-state index in [1.165, 1.54) is 17.0 Å². The third kappa shape index (κ3) is 7.37. The van der Waals surface area contributed by atoms with Crippen LogP contribution in [-0.2, 0) is 26.2 Å². The van der Waals surface area contributed by atoms with Gasteiger partial charge in [0.1, 0.15) is 12.6 Å². The molecule has 1 saturated carbocycles. The van der Waals surface area contributed by atoms with Crippen molar-refractivity contribution < 1.29 is 18.0 Å². The monoisotopic (exact) mass is 665 g/mol. The minimum atomic E-state index is -4.13. The van der Waals surface area contributed by atoms with Crippen LogP contribution in [0.25, 0.3) is 0 Å². The number of hydrogen-bond acceptors (Lipinski definition) is 4. The van der Waals surface area contributed by atoms with E-state index in [9.17, 15) is 18.0 Å². The highest BCUT2D eigenvalue weighted by atomic mass is 79.9. The Morgan fingerprint density at radius 2 is 1.70 bits per heavy atom. The Bertz CT molecular complexity index is 1470. The van der Waals surface area contributed by atoms with Gasteiger partial charge >= 0.3 is 0 Å². The van der Waals surface area contributed by atoms with Gasteiger partial charge in [0.2, 0.25) is 11.8 Å². The van der Waals surface area contributed by atoms with E-state index < -0.39 is 28.5 Å². The van der Waals surface area contributed by atoms with Crippen molar-refractivity contribution in [3.63, 3.8) is 0 Å². The molecule has 1 aliphatic rings. The van der Waals surface area contributed by atoms with Crippen LogP contribution in [0.4, 0.5) is 5.69 Å². The van der Waals surface area contributed by atoms with E-state index in [0.717, 1.165) is 30.0 Å².